The minimum atomic E-state index is -0.682. The Bertz CT molecular complexity index is 1200. The zero-order chi connectivity index (χ0) is 24.1. The van der Waals surface area contributed by atoms with Gasteiger partial charge in [-0.2, -0.15) is 0 Å². The molecule has 0 aliphatic carbocycles. The minimum Gasteiger partial charge on any atom is -0.497 e. The van der Waals surface area contributed by atoms with Crippen LogP contribution in [0.2, 0.25) is 0 Å². The van der Waals surface area contributed by atoms with Crippen molar-refractivity contribution in [2.75, 3.05) is 25.3 Å². The number of thiophene rings is 1. The normalized spacial score (nSPS) is 10.7. The highest BCUT2D eigenvalue weighted by molar-refractivity contribution is 7.99. The third-order valence-electron chi connectivity index (χ3n) is 4.71. The van der Waals surface area contributed by atoms with Gasteiger partial charge in [-0.05, 0) is 31.5 Å². The SMILES string of the molecule is CCn1c(SCC(=O)Nc2sc(C(N)=O)c(C)c2C(=O)OC)nnc1-c1cccc(OC)c1. The van der Waals surface area contributed by atoms with Crippen molar-refractivity contribution < 1.29 is 23.9 Å². The first-order valence-corrected chi connectivity index (χ1v) is 11.6. The number of ether oxygens (including phenoxy) is 2. The molecule has 174 valence electrons. The van der Waals surface area contributed by atoms with Gasteiger partial charge < -0.3 is 25.1 Å². The molecule has 2 aromatic heterocycles. The van der Waals surface area contributed by atoms with E-state index >= 15 is 0 Å². The van der Waals surface area contributed by atoms with Gasteiger partial charge in [-0.1, -0.05) is 23.9 Å². The Morgan fingerprint density at radius 2 is 2.00 bits per heavy atom. The van der Waals surface area contributed by atoms with E-state index in [9.17, 15) is 14.4 Å². The monoisotopic (exact) mass is 489 g/mol. The number of carbonyl (C=O) groups is 3. The predicted molar refractivity (Wildman–Crippen MR) is 126 cm³/mol. The molecule has 0 unspecified atom stereocenters. The number of nitrogens with zero attached hydrogens (tertiary/aromatic N) is 3. The molecule has 0 bridgehead atoms. The van der Waals surface area contributed by atoms with Gasteiger partial charge in [0.2, 0.25) is 5.91 Å². The van der Waals surface area contributed by atoms with Gasteiger partial charge in [-0.15, -0.1) is 21.5 Å². The fourth-order valence-corrected chi connectivity index (χ4v) is 5.00. The molecule has 0 radical (unpaired) electrons. The van der Waals surface area contributed by atoms with Crippen LogP contribution in [0.15, 0.2) is 29.4 Å². The lowest BCUT2D eigenvalue weighted by molar-refractivity contribution is -0.113. The van der Waals surface area contributed by atoms with Crippen molar-refractivity contribution in [3.05, 3.63) is 40.3 Å². The molecule has 0 spiro atoms. The fraction of sp³-hybridized carbons (Fsp3) is 0.286. The van der Waals surface area contributed by atoms with Crippen LogP contribution < -0.4 is 15.8 Å². The number of hydrogen-bond acceptors (Lipinski definition) is 9. The van der Waals surface area contributed by atoms with Gasteiger partial charge in [-0.25, -0.2) is 4.79 Å². The number of esters is 1. The average Bonchev–Trinajstić information content (AvgIpc) is 3.37. The van der Waals surface area contributed by atoms with Crippen LogP contribution >= 0.6 is 23.1 Å². The molecule has 33 heavy (non-hydrogen) atoms. The van der Waals surface area contributed by atoms with Crippen molar-refractivity contribution in [1.82, 2.24) is 14.8 Å². The lowest BCUT2D eigenvalue weighted by Crippen LogP contribution is -2.16. The first-order chi connectivity index (χ1) is 15.8. The molecule has 0 aliphatic heterocycles. The molecular formula is C21H23N5O5S2. The highest BCUT2D eigenvalue weighted by Crippen LogP contribution is 2.34. The number of rotatable bonds is 9. The number of hydrogen-bond donors (Lipinski definition) is 2. The second-order valence-electron chi connectivity index (χ2n) is 6.74. The summed E-state index contributed by atoms with van der Waals surface area (Å²) < 4.78 is 12.0. The number of nitrogens with two attached hydrogens (primary N) is 1. The van der Waals surface area contributed by atoms with Crippen LogP contribution in [-0.4, -0.2) is 52.5 Å². The molecule has 2 heterocycles. The van der Waals surface area contributed by atoms with Crippen LogP contribution in [0, 0.1) is 6.92 Å². The number of methoxy groups -OCH3 is 2. The minimum absolute atomic E-state index is 0.0136. The summed E-state index contributed by atoms with van der Waals surface area (Å²) in [6.45, 7) is 4.14. The van der Waals surface area contributed by atoms with Gasteiger partial charge in [0.15, 0.2) is 11.0 Å². The Labute approximate surface area is 198 Å². The first kappa shape index (κ1) is 24.3. The van der Waals surface area contributed by atoms with E-state index in [-0.39, 0.29) is 27.1 Å². The van der Waals surface area contributed by atoms with Crippen LogP contribution in [0.5, 0.6) is 5.75 Å². The number of nitrogens with one attached hydrogen (secondary N) is 1. The van der Waals surface area contributed by atoms with Gasteiger partial charge >= 0.3 is 5.97 Å². The molecule has 0 atom stereocenters. The zero-order valence-corrected chi connectivity index (χ0v) is 20.1. The zero-order valence-electron chi connectivity index (χ0n) is 18.5. The molecular weight excluding hydrogens is 466 g/mol. The maximum absolute atomic E-state index is 12.6. The quantitative estimate of drug-likeness (QED) is 0.346. The molecule has 2 amide bonds. The van der Waals surface area contributed by atoms with Crippen LogP contribution in [0.25, 0.3) is 11.4 Å². The number of primary amides is 1. The molecule has 10 nitrogen and oxygen atoms in total. The number of amides is 2. The highest BCUT2D eigenvalue weighted by Gasteiger charge is 2.25. The van der Waals surface area contributed by atoms with Crippen molar-refractivity contribution in [3.63, 3.8) is 0 Å². The summed E-state index contributed by atoms with van der Waals surface area (Å²) in [5, 5.41) is 12.0. The summed E-state index contributed by atoms with van der Waals surface area (Å²) in [6, 6.07) is 7.48. The van der Waals surface area contributed by atoms with E-state index in [1.54, 1.807) is 14.0 Å². The molecule has 0 fully saturated rings. The molecule has 3 aromatic rings. The molecule has 0 saturated heterocycles. The maximum atomic E-state index is 12.6. The Kier molecular flexibility index (Phi) is 7.71. The van der Waals surface area contributed by atoms with Crippen LogP contribution in [-0.2, 0) is 16.1 Å². The highest BCUT2D eigenvalue weighted by atomic mass is 32.2. The van der Waals surface area contributed by atoms with Crippen molar-refractivity contribution in [1.29, 1.82) is 0 Å². The van der Waals surface area contributed by atoms with E-state index in [1.165, 1.54) is 18.9 Å². The average molecular weight is 490 g/mol. The Morgan fingerprint density at radius 3 is 2.64 bits per heavy atom. The maximum Gasteiger partial charge on any atom is 0.341 e. The number of anilines is 1. The van der Waals surface area contributed by atoms with Crippen molar-refractivity contribution in [3.8, 4) is 17.1 Å². The molecule has 1 aromatic carbocycles. The van der Waals surface area contributed by atoms with Gasteiger partial charge in [0, 0.05) is 12.1 Å². The standard InChI is InChI=1S/C21H23N5O5S2/c1-5-26-18(12-7-6-8-13(9-12)30-3)24-25-21(26)32-10-14(27)23-19-15(20(29)31-4)11(2)16(33-19)17(22)28/h6-9H,5,10H2,1-4H3,(H2,22,28)(H,23,27). The van der Waals surface area contributed by atoms with Crippen molar-refractivity contribution >= 4 is 45.9 Å². The van der Waals surface area contributed by atoms with E-state index in [4.69, 9.17) is 15.2 Å². The van der Waals surface area contributed by atoms with Crippen molar-refractivity contribution in [2.45, 2.75) is 25.5 Å². The molecule has 3 rings (SSSR count). The van der Waals surface area contributed by atoms with E-state index < -0.39 is 11.9 Å². The topological polar surface area (TPSA) is 138 Å². The summed E-state index contributed by atoms with van der Waals surface area (Å²) >= 11 is 2.14. The first-order valence-electron chi connectivity index (χ1n) is 9.82. The van der Waals surface area contributed by atoms with Gasteiger partial charge in [0.05, 0.1) is 30.4 Å². The van der Waals surface area contributed by atoms with Crippen molar-refractivity contribution in [2.24, 2.45) is 5.73 Å². The number of benzene rings is 1. The van der Waals surface area contributed by atoms with E-state index in [2.05, 4.69) is 15.5 Å². The Morgan fingerprint density at radius 1 is 1.24 bits per heavy atom. The molecule has 0 saturated carbocycles. The smallest absolute Gasteiger partial charge is 0.341 e. The molecule has 0 aliphatic rings. The predicted octanol–water partition coefficient (Wildman–Crippen LogP) is 2.96. The molecule has 12 heteroatoms. The number of thioether (sulfide) groups is 1. The van der Waals surface area contributed by atoms with Gasteiger partial charge in [0.1, 0.15) is 10.8 Å². The van der Waals surface area contributed by atoms with Gasteiger partial charge in [-0.3, -0.25) is 9.59 Å². The fourth-order valence-electron chi connectivity index (χ4n) is 3.13. The van der Waals surface area contributed by atoms with E-state index in [0.29, 0.717) is 28.8 Å². The van der Waals surface area contributed by atoms with Gasteiger partial charge in [0.25, 0.3) is 5.91 Å². The number of aromatic nitrogens is 3. The molecule has 3 N–H and O–H groups in total. The summed E-state index contributed by atoms with van der Waals surface area (Å²) in [4.78, 5) is 36.6. The van der Waals surface area contributed by atoms with Crippen LogP contribution in [0.1, 0.15) is 32.5 Å². The lowest BCUT2D eigenvalue weighted by atomic mass is 10.1. The van der Waals surface area contributed by atoms with E-state index in [0.717, 1.165) is 16.9 Å². The number of carbonyl (C=O) groups excluding carboxylic acids is 3. The third kappa shape index (κ3) is 5.17. The Hall–Kier alpha value is -3.38. The van der Waals surface area contributed by atoms with Crippen LogP contribution in [0.4, 0.5) is 5.00 Å². The van der Waals surface area contributed by atoms with Crippen LogP contribution in [0.3, 0.4) is 0 Å². The summed E-state index contributed by atoms with van der Waals surface area (Å²) in [5.41, 5.74) is 6.71. The lowest BCUT2D eigenvalue weighted by Gasteiger charge is -2.09. The summed E-state index contributed by atoms with van der Waals surface area (Å²) in [5.74, 6) is -0.343. The second-order valence-corrected chi connectivity index (χ2v) is 8.70. The van der Waals surface area contributed by atoms with E-state index in [1.807, 2.05) is 35.8 Å². The third-order valence-corrected chi connectivity index (χ3v) is 6.89. The summed E-state index contributed by atoms with van der Waals surface area (Å²) in [6.07, 6.45) is 0. The largest absolute Gasteiger partial charge is 0.497 e. The summed E-state index contributed by atoms with van der Waals surface area (Å²) in [7, 11) is 2.82. The Balaban J connectivity index is 1.77. The second kappa shape index (κ2) is 10.5.